The van der Waals surface area contributed by atoms with E-state index in [4.69, 9.17) is 6.42 Å². The normalized spacial score (nSPS) is 10.5. The lowest BCUT2D eigenvalue weighted by atomic mass is 10.4. The standard InChI is InChI=1S/C12H22N4O/c1-4-8-14-11(17)7-10-16-12(13-6-3)15-9-5-2/h2H,4,6-10H2,1,3H3,(H,14,17)(H2,13,15,16). The van der Waals surface area contributed by atoms with Crippen LogP contribution in [0.15, 0.2) is 4.99 Å². The van der Waals surface area contributed by atoms with Crippen LogP contribution < -0.4 is 16.0 Å². The Labute approximate surface area is 103 Å². The lowest BCUT2D eigenvalue weighted by Gasteiger charge is -2.08. The smallest absolute Gasteiger partial charge is 0.221 e. The molecule has 3 N–H and O–H groups in total. The van der Waals surface area contributed by atoms with Gasteiger partial charge in [-0.2, -0.15) is 0 Å². The van der Waals surface area contributed by atoms with Crippen molar-refractivity contribution in [2.24, 2.45) is 4.99 Å². The zero-order chi connectivity index (χ0) is 12.9. The highest BCUT2D eigenvalue weighted by Gasteiger charge is 1.99. The average molecular weight is 238 g/mol. The van der Waals surface area contributed by atoms with Crippen molar-refractivity contribution in [3.05, 3.63) is 0 Å². The molecule has 0 saturated carbocycles. The Bertz CT molecular complexity index is 281. The summed E-state index contributed by atoms with van der Waals surface area (Å²) in [7, 11) is 0. The monoisotopic (exact) mass is 238 g/mol. The molecule has 5 nitrogen and oxygen atoms in total. The summed E-state index contributed by atoms with van der Waals surface area (Å²) in [6.07, 6.45) is 6.49. The molecule has 0 heterocycles. The number of carbonyl (C=O) groups is 1. The Morgan fingerprint density at radius 3 is 2.65 bits per heavy atom. The van der Waals surface area contributed by atoms with Gasteiger partial charge in [0.1, 0.15) is 0 Å². The third-order valence-corrected chi connectivity index (χ3v) is 1.88. The number of amides is 1. The predicted molar refractivity (Wildman–Crippen MR) is 70.7 cm³/mol. The van der Waals surface area contributed by atoms with E-state index in [0.29, 0.717) is 25.5 Å². The summed E-state index contributed by atoms with van der Waals surface area (Å²) in [6, 6.07) is 0. The minimum absolute atomic E-state index is 0.0309. The molecule has 0 aliphatic rings. The Morgan fingerprint density at radius 2 is 2.06 bits per heavy atom. The number of hydrogen-bond acceptors (Lipinski definition) is 2. The van der Waals surface area contributed by atoms with Crippen LogP contribution >= 0.6 is 0 Å². The fourth-order valence-electron chi connectivity index (χ4n) is 1.10. The topological polar surface area (TPSA) is 65.5 Å². The van der Waals surface area contributed by atoms with Crippen LogP contribution in [0.3, 0.4) is 0 Å². The van der Waals surface area contributed by atoms with Crippen molar-refractivity contribution in [2.75, 3.05) is 26.2 Å². The number of nitrogens with one attached hydrogen (secondary N) is 3. The van der Waals surface area contributed by atoms with Crippen LogP contribution in [0.4, 0.5) is 0 Å². The van der Waals surface area contributed by atoms with Gasteiger partial charge in [-0.15, -0.1) is 6.42 Å². The maximum Gasteiger partial charge on any atom is 0.221 e. The second-order valence-corrected chi connectivity index (χ2v) is 3.42. The third-order valence-electron chi connectivity index (χ3n) is 1.88. The van der Waals surface area contributed by atoms with Crippen LogP contribution in [0.5, 0.6) is 0 Å². The minimum atomic E-state index is 0.0309. The van der Waals surface area contributed by atoms with Crippen LogP contribution in [0.25, 0.3) is 0 Å². The number of aliphatic imine (C=N–C) groups is 1. The van der Waals surface area contributed by atoms with Gasteiger partial charge in [0.25, 0.3) is 0 Å². The molecular formula is C12H22N4O. The first kappa shape index (κ1) is 15.3. The highest BCUT2D eigenvalue weighted by Crippen LogP contribution is 1.83. The highest BCUT2D eigenvalue weighted by atomic mass is 16.1. The van der Waals surface area contributed by atoms with E-state index >= 15 is 0 Å². The second kappa shape index (κ2) is 10.8. The summed E-state index contributed by atoms with van der Waals surface area (Å²) >= 11 is 0. The van der Waals surface area contributed by atoms with Crippen molar-refractivity contribution < 1.29 is 4.79 Å². The number of terminal acetylenes is 1. The Morgan fingerprint density at radius 1 is 1.29 bits per heavy atom. The predicted octanol–water partition coefficient (Wildman–Crippen LogP) is 0.0910. The first-order valence-corrected chi connectivity index (χ1v) is 5.96. The highest BCUT2D eigenvalue weighted by molar-refractivity contribution is 5.81. The van der Waals surface area contributed by atoms with Gasteiger partial charge in [0.15, 0.2) is 5.96 Å². The number of guanidine groups is 1. The maximum absolute atomic E-state index is 11.3. The molecule has 17 heavy (non-hydrogen) atoms. The molecule has 0 aliphatic carbocycles. The molecule has 0 spiro atoms. The van der Waals surface area contributed by atoms with E-state index in [2.05, 4.69) is 26.9 Å². The molecule has 0 bridgehead atoms. The quantitative estimate of drug-likeness (QED) is 0.334. The maximum atomic E-state index is 11.3. The molecule has 0 unspecified atom stereocenters. The number of rotatable bonds is 7. The average Bonchev–Trinajstić information content (AvgIpc) is 2.33. The first-order chi connectivity index (χ1) is 8.24. The summed E-state index contributed by atoms with van der Waals surface area (Å²) in [5.74, 6) is 3.15. The molecule has 0 saturated heterocycles. The van der Waals surface area contributed by atoms with Gasteiger partial charge >= 0.3 is 0 Å². The molecular weight excluding hydrogens is 216 g/mol. The molecule has 1 amide bonds. The Kier molecular flexibility index (Phi) is 9.73. The fourth-order valence-corrected chi connectivity index (χ4v) is 1.10. The summed E-state index contributed by atoms with van der Waals surface area (Å²) in [6.45, 7) is 6.35. The van der Waals surface area contributed by atoms with Crippen LogP contribution in [-0.2, 0) is 4.79 Å². The van der Waals surface area contributed by atoms with Crippen LogP contribution in [0, 0.1) is 12.3 Å². The molecule has 0 atom stereocenters. The van der Waals surface area contributed by atoms with Gasteiger partial charge in [-0.1, -0.05) is 12.8 Å². The fraction of sp³-hybridized carbons (Fsp3) is 0.667. The van der Waals surface area contributed by atoms with E-state index in [1.807, 2.05) is 13.8 Å². The van der Waals surface area contributed by atoms with Gasteiger partial charge in [-0.3, -0.25) is 9.79 Å². The van der Waals surface area contributed by atoms with Gasteiger partial charge in [-0.05, 0) is 13.3 Å². The molecule has 0 radical (unpaired) electrons. The van der Waals surface area contributed by atoms with Crippen molar-refractivity contribution in [2.45, 2.75) is 26.7 Å². The van der Waals surface area contributed by atoms with Gasteiger partial charge in [-0.25, -0.2) is 0 Å². The lowest BCUT2D eigenvalue weighted by Crippen LogP contribution is -2.37. The number of hydrogen-bond donors (Lipinski definition) is 3. The van der Waals surface area contributed by atoms with E-state index < -0.39 is 0 Å². The van der Waals surface area contributed by atoms with Crippen LogP contribution in [-0.4, -0.2) is 38.0 Å². The summed E-state index contributed by atoms with van der Waals surface area (Å²) in [5, 5.41) is 8.80. The van der Waals surface area contributed by atoms with E-state index in [9.17, 15) is 4.79 Å². The molecule has 0 rings (SSSR count). The van der Waals surface area contributed by atoms with Crippen LogP contribution in [0.1, 0.15) is 26.7 Å². The molecule has 0 aliphatic heterocycles. The molecule has 0 fully saturated rings. The van der Waals surface area contributed by atoms with Crippen molar-refractivity contribution in [3.8, 4) is 12.3 Å². The number of nitrogens with zero attached hydrogens (tertiary/aromatic N) is 1. The van der Waals surface area contributed by atoms with E-state index in [0.717, 1.165) is 19.5 Å². The van der Waals surface area contributed by atoms with E-state index in [1.54, 1.807) is 0 Å². The minimum Gasteiger partial charge on any atom is -0.357 e. The van der Waals surface area contributed by atoms with Gasteiger partial charge < -0.3 is 16.0 Å². The largest absolute Gasteiger partial charge is 0.357 e. The zero-order valence-corrected chi connectivity index (χ0v) is 10.7. The third kappa shape index (κ3) is 9.24. The Balaban J connectivity index is 3.90. The molecule has 0 aromatic rings. The first-order valence-electron chi connectivity index (χ1n) is 5.96. The van der Waals surface area contributed by atoms with E-state index in [1.165, 1.54) is 0 Å². The number of carbonyl (C=O) groups excluding carboxylic acids is 1. The van der Waals surface area contributed by atoms with Crippen molar-refractivity contribution >= 4 is 11.9 Å². The van der Waals surface area contributed by atoms with E-state index in [-0.39, 0.29) is 5.91 Å². The molecule has 0 aromatic carbocycles. The molecule has 0 aromatic heterocycles. The van der Waals surface area contributed by atoms with Crippen molar-refractivity contribution in [1.29, 1.82) is 0 Å². The zero-order valence-electron chi connectivity index (χ0n) is 10.7. The molecule has 96 valence electrons. The summed E-state index contributed by atoms with van der Waals surface area (Å²) < 4.78 is 0. The Hall–Kier alpha value is -1.70. The van der Waals surface area contributed by atoms with Gasteiger partial charge in [0, 0.05) is 19.5 Å². The summed E-state index contributed by atoms with van der Waals surface area (Å²) in [5.41, 5.74) is 0. The lowest BCUT2D eigenvalue weighted by molar-refractivity contribution is -0.120. The molecule has 5 heteroatoms. The SMILES string of the molecule is C#CCNC(=NCCC(=O)NCCC)NCC. The second-order valence-electron chi connectivity index (χ2n) is 3.42. The van der Waals surface area contributed by atoms with Crippen LogP contribution in [0.2, 0.25) is 0 Å². The van der Waals surface area contributed by atoms with Crippen molar-refractivity contribution in [3.63, 3.8) is 0 Å². The van der Waals surface area contributed by atoms with Crippen molar-refractivity contribution in [1.82, 2.24) is 16.0 Å². The van der Waals surface area contributed by atoms with Gasteiger partial charge in [0.05, 0.1) is 13.1 Å². The summed E-state index contributed by atoms with van der Waals surface area (Å²) in [4.78, 5) is 15.5. The van der Waals surface area contributed by atoms with Gasteiger partial charge in [0.2, 0.25) is 5.91 Å².